The number of nitrogens with zero attached hydrogens (tertiary/aromatic N) is 4. The number of carbonyl (C=O) groups excluding carboxylic acids is 1. The van der Waals surface area contributed by atoms with Crippen LogP contribution in [0.2, 0.25) is 0 Å². The first kappa shape index (κ1) is 9.26. The van der Waals surface area contributed by atoms with Crippen LogP contribution in [0.1, 0.15) is 29.5 Å². The second-order valence-electron chi connectivity index (χ2n) is 3.80. The molecule has 1 fully saturated rings. The Morgan fingerprint density at radius 3 is 3.06 bits per heavy atom. The second-order valence-corrected chi connectivity index (χ2v) is 3.80. The second kappa shape index (κ2) is 3.26. The summed E-state index contributed by atoms with van der Waals surface area (Å²) in [6.07, 6.45) is 5.82. The topological polar surface area (TPSA) is 69.9 Å². The molecule has 0 N–H and O–H groups in total. The molecule has 0 aliphatic heterocycles. The average Bonchev–Trinajstić information content (AvgIpc) is 3.07. The van der Waals surface area contributed by atoms with Crippen molar-refractivity contribution in [3.05, 3.63) is 18.2 Å². The normalized spacial score (nSPS) is 15.3. The highest BCUT2D eigenvalue weighted by molar-refractivity contribution is 5.87. The lowest BCUT2D eigenvalue weighted by Gasteiger charge is -1.95. The monoisotopic (exact) mass is 218 g/mol. The lowest BCUT2D eigenvalue weighted by atomic mass is 10.4. The summed E-state index contributed by atoms with van der Waals surface area (Å²) >= 11 is 0. The smallest absolute Gasteiger partial charge is 0.376 e. The predicted molar refractivity (Wildman–Crippen MR) is 54.9 cm³/mol. The molecule has 6 nitrogen and oxygen atoms in total. The molecule has 3 rings (SSSR count). The maximum absolute atomic E-state index is 11.2. The van der Waals surface area contributed by atoms with E-state index in [-0.39, 0.29) is 5.82 Å². The Morgan fingerprint density at radius 2 is 2.38 bits per heavy atom. The van der Waals surface area contributed by atoms with Gasteiger partial charge >= 0.3 is 5.97 Å². The third kappa shape index (κ3) is 1.42. The lowest BCUT2D eigenvalue weighted by molar-refractivity contribution is 0.0587. The van der Waals surface area contributed by atoms with Crippen LogP contribution in [0.3, 0.4) is 0 Å². The van der Waals surface area contributed by atoms with Gasteiger partial charge in [0.15, 0.2) is 5.65 Å². The number of fused-ring (bicyclic) bond motifs is 1. The summed E-state index contributed by atoms with van der Waals surface area (Å²) in [5.74, 6) is -0.487. The Labute approximate surface area is 91.3 Å². The lowest BCUT2D eigenvalue weighted by Crippen LogP contribution is -2.06. The Kier molecular flexibility index (Phi) is 1.89. The van der Waals surface area contributed by atoms with Gasteiger partial charge in [-0.1, -0.05) is 0 Å². The van der Waals surface area contributed by atoms with E-state index < -0.39 is 5.97 Å². The molecule has 2 aromatic rings. The summed E-state index contributed by atoms with van der Waals surface area (Å²) in [4.78, 5) is 19.2. The highest BCUT2D eigenvalue weighted by atomic mass is 16.5. The van der Waals surface area contributed by atoms with Crippen LogP contribution < -0.4 is 0 Å². The van der Waals surface area contributed by atoms with Gasteiger partial charge in [0.1, 0.15) is 0 Å². The van der Waals surface area contributed by atoms with Crippen molar-refractivity contribution in [1.82, 2.24) is 19.7 Å². The van der Waals surface area contributed by atoms with Crippen LogP contribution in [-0.4, -0.2) is 32.8 Å². The maximum Gasteiger partial charge on any atom is 0.376 e. The summed E-state index contributed by atoms with van der Waals surface area (Å²) in [6.45, 7) is 0. The molecule has 0 unspecified atom stereocenters. The van der Waals surface area contributed by atoms with Crippen molar-refractivity contribution in [2.24, 2.45) is 0 Å². The molecule has 1 aliphatic carbocycles. The van der Waals surface area contributed by atoms with E-state index >= 15 is 0 Å². The van der Waals surface area contributed by atoms with Gasteiger partial charge in [0, 0.05) is 12.4 Å². The molecule has 16 heavy (non-hydrogen) atoms. The number of hydrogen-bond acceptors (Lipinski definition) is 5. The van der Waals surface area contributed by atoms with Crippen molar-refractivity contribution < 1.29 is 9.53 Å². The summed E-state index contributed by atoms with van der Waals surface area (Å²) in [6, 6.07) is 0.496. The summed E-state index contributed by atoms with van der Waals surface area (Å²) in [5.41, 5.74) is 0.544. The van der Waals surface area contributed by atoms with Crippen molar-refractivity contribution in [3.8, 4) is 0 Å². The number of methoxy groups -OCH3 is 1. The first-order chi connectivity index (χ1) is 7.78. The Bertz CT molecular complexity index is 559. The first-order valence-corrected chi connectivity index (χ1v) is 5.08. The molecule has 2 aromatic heterocycles. The molecule has 1 aliphatic rings. The minimum atomic E-state index is -0.539. The largest absolute Gasteiger partial charge is 0.463 e. The van der Waals surface area contributed by atoms with Crippen molar-refractivity contribution in [1.29, 1.82) is 0 Å². The standard InChI is InChI=1S/C10H10N4O2/c1-16-10(15)9-11-4-6-5-14(7-2-3-7)13-8(6)12-9/h4-5,7H,2-3H2,1H3. The van der Waals surface area contributed by atoms with E-state index in [2.05, 4.69) is 19.8 Å². The molecule has 0 atom stereocenters. The van der Waals surface area contributed by atoms with E-state index in [0.29, 0.717) is 11.7 Å². The fraction of sp³-hybridized carbons (Fsp3) is 0.400. The van der Waals surface area contributed by atoms with Gasteiger partial charge in [-0.3, -0.25) is 4.68 Å². The minimum absolute atomic E-state index is 0.0519. The Hall–Kier alpha value is -1.98. The molecule has 0 spiro atoms. The third-order valence-corrected chi connectivity index (χ3v) is 2.57. The van der Waals surface area contributed by atoms with Crippen LogP contribution in [0.4, 0.5) is 0 Å². The van der Waals surface area contributed by atoms with Crippen molar-refractivity contribution >= 4 is 17.0 Å². The van der Waals surface area contributed by atoms with E-state index in [1.807, 2.05) is 10.9 Å². The van der Waals surface area contributed by atoms with Gasteiger partial charge in [0.05, 0.1) is 18.5 Å². The highest BCUT2D eigenvalue weighted by Crippen LogP contribution is 2.34. The Balaban J connectivity index is 2.06. The van der Waals surface area contributed by atoms with Crippen molar-refractivity contribution in [2.75, 3.05) is 7.11 Å². The average molecular weight is 218 g/mol. The fourth-order valence-corrected chi connectivity index (χ4v) is 1.55. The first-order valence-electron chi connectivity index (χ1n) is 5.08. The number of esters is 1. The SMILES string of the molecule is COC(=O)c1ncc2cn(C3CC3)nc2n1. The van der Waals surface area contributed by atoms with E-state index in [1.165, 1.54) is 7.11 Å². The summed E-state index contributed by atoms with van der Waals surface area (Å²) < 4.78 is 6.44. The summed E-state index contributed by atoms with van der Waals surface area (Å²) in [7, 11) is 1.30. The van der Waals surface area contributed by atoms with Crippen LogP contribution in [0.5, 0.6) is 0 Å². The van der Waals surface area contributed by atoms with E-state index in [4.69, 9.17) is 0 Å². The van der Waals surface area contributed by atoms with Crippen LogP contribution >= 0.6 is 0 Å². The number of aromatic nitrogens is 4. The zero-order valence-electron chi connectivity index (χ0n) is 8.75. The Morgan fingerprint density at radius 1 is 1.56 bits per heavy atom. The number of ether oxygens (including phenoxy) is 1. The van der Waals surface area contributed by atoms with Gasteiger partial charge < -0.3 is 4.74 Å². The summed E-state index contributed by atoms with van der Waals surface area (Å²) in [5, 5.41) is 5.16. The van der Waals surface area contributed by atoms with Gasteiger partial charge in [-0.05, 0) is 12.8 Å². The van der Waals surface area contributed by atoms with Crippen molar-refractivity contribution in [3.63, 3.8) is 0 Å². The quantitative estimate of drug-likeness (QED) is 0.702. The van der Waals surface area contributed by atoms with Crippen LogP contribution in [0.25, 0.3) is 11.0 Å². The minimum Gasteiger partial charge on any atom is -0.463 e. The van der Waals surface area contributed by atoms with E-state index in [1.54, 1.807) is 6.20 Å². The van der Waals surface area contributed by atoms with E-state index in [0.717, 1.165) is 18.2 Å². The number of carbonyl (C=O) groups is 1. The molecule has 1 saturated carbocycles. The third-order valence-electron chi connectivity index (χ3n) is 2.57. The molecule has 0 amide bonds. The molecule has 0 saturated heterocycles. The van der Waals surface area contributed by atoms with Gasteiger partial charge in [0.25, 0.3) is 0 Å². The number of rotatable bonds is 2. The molecular formula is C10H10N4O2. The molecule has 82 valence electrons. The van der Waals surface area contributed by atoms with Crippen LogP contribution in [0.15, 0.2) is 12.4 Å². The molecule has 0 radical (unpaired) electrons. The highest BCUT2D eigenvalue weighted by Gasteiger charge is 2.25. The van der Waals surface area contributed by atoms with Gasteiger partial charge in [-0.25, -0.2) is 14.8 Å². The molecule has 2 heterocycles. The molecule has 0 bridgehead atoms. The molecule has 0 aromatic carbocycles. The molecule has 6 heteroatoms. The van der Waals surface area contributed by atoms with Gasteiger partial charge in [-0.15, -0.1) is 0 Å². The van der Waals surface area contributed by atoms with Crippen molar-refractivity contribution in [2.45, 2.75) is 18.9 Å². The van der Waals surface area contributed by atoms with Gasteiger partial charge in [0.2, 0.25) is 5.82 Å². The number of hydrogen-bond donors (Lipinski definition) is 0. The maximum atomic E-state index is 11.2. The predicted octanol–water partition coefficient (Wildman–Crippen LogP) is 0.948. The van der Waals surface area contributed by atoms with Crippen LogP contribution in [-0.2, 0) is 4.74 Å². The fourth-order valence-electron chi connectivity index (χ4n) is 1.55. The zero-order chi connectivity index (χ0) is 11.1. The van der Waals surface area contributed by atoms with Crippen LogP contribution in [0, 0.1) is 0 Å². The zero-order valence-corrected chi connectivity index (χ0v) is 8.75. The van der Waals surface area contributed by atoms with Gasteiger partial charge in [-0.2, -0.15) is 5.10 Å². The van der Waals surface area contributed by atoms with E-state index in [9.17, 15) is 4.79 Å². The molecular weight excluding hydrogens is 208 g/mol.